The van der Waals surface area contributed by atoms with Gasteiger partial charge in [0.15, 0.2) is 28.8 Å². The molecule has 0 bridgehead atoms. The van der Waals surface area contributed by atoms with Gasteiger partial charge in [0, 0.05) is 23.5 Å². The highest BCUT2D eigenvalue weighted by Crippen LogP contribution is 2.45. The van der Waals surface area contributed by atoms with E-state index in [2.05, 4.69) is 15.1 Å². The molecule has 1 aliphatic heterocycles. The van der Waals surface area contributed by atoms with Crippen LogP contribution in [0.4, 0.5) is 0 Å². The number of carbonyl (C=O) groups is 1. The normalized spacial score (nSPS) is 15.2. The summed E-state index contributed by atoms with van der Waals surface area (Å²) in [5, 5.41) is 4.57. The van der Waals surface area contributed by atoms with Crippen LogP contribution >= 0.6 is 0 Å². The molecular formula is C24H21N5O4. The van der Waals surface area contributed by atoms with Crippen molar-refractivity contribution in [1.29, 1.82) is 0 Å². The molecule has 0 radical (unpaired) electrons. The van der Waals surface area contributed by atoms with Gasteiger partial charge in [0.05, 0.1) is 25.7 Å². The summed E-state index contributed by atoms with van der Waals surface area (Å²) in [7, 11) is 3.15. The average molecular weight is 443 g/mol. The Morgan fingerprint density at radius 3 is 2.67 bits per heavy atom. The van der Waals surface area contributed by atoms with Crippen LogP contribution in [0.1, 0.15) is 30.9 Å². The van der Waals surface area contributed by atoms with Crippen molar-refractivity contribution in [3.8, 4) is 28.8 Å². The molecule has 166 valence electrons. The van der Waals surface area contributed by atoms with Crippen LogP contribution in [-0.4, -0.2) is 44.6 Å². The number of aromatic nitrogens is 5. The predicted molar refractivity (Wildman–Crippen MR) is 119 cm³/mol. The Labute approximate surface area is 189 Å². The van der Waals surface area contributed by atoms with Crippen molar-refractivity contribution in [3.05, 3.63) is 71.5 Å². The highest BCUT2D eigenvalue weighted by atomic mass is 16.5. The van der Waals surface area contributed by atoms with Gasteiger partial charge < -0.3 is 14.2 Å². The van der Waals surface area contributed by atoms with E-state index in [-0.39, 0.29) is 5.78 Å². The first-order valence-electron chi connectivity index (χ1n) is 10.3. The number of fused-ring (bicyclic) bond motifs is 3. The van der Waals surface area contributed by atoms with Crippen LogP contribution in [0.15, 0.2) is 60.4 Å². The zero-order chi connectivity index (χ0) is 23.1. The minimum atomic E-state index is -0.479. The van der Waals surface area contributed by atoms with E-state index in [4.69, 9.17) is 19.2 Å². The van der Waals surface area contributed by atoms with Gasteiger partial charge >= 0.3 is 0 Å². The molecule has 0 aliphatic carbocycles. The van der Waals surface area contributed by atoms with E-state index in [0.717, 1.165) is 11.1 Å². The van der Waals surface area contributed by atoms with Crippen LogP contribution < -0.4 is 14.2 Å². The number of methoxy groups -OCH3 is 2. The summed E-state index contributed by atoms with van der Waals surface area (Å²) in [6, 6.07) is 9.28. The topological polar surface area (TPSA) is 101 Å². The number of hydrogen-bond donors (Lipinski definition) is 0. The van der Waals surface area contributed by atoms with Crippen molar-refractivity contribution >= 4 is 11.4 Å². The van der Waals surface area contributed by atoms with E-state index in [1.165, 1.54) is 6.92 Å². The Bertz CT molecular complexity index is 1410. The number of rotatable bonds is 5. The summed E-state index contributed by atoms with van der Waals surface area (Å²) in [4.78, 5) is 26.2. The fourth-order valence-electron chi connectivity index (χ4n) is 4.18. The van der Waals surface area contributed by atoms with E-state index in [1.807, 2.05) is 30.3 Å². The van der Waals surface area contributed by atoms with E-state index in [9.17, 15) is 4.79 Å². The maximum atomic E-state index is 12.8. The fourth-order valence-corrected chi connectivity index (χ4v) is 4.18. The lowest BCUT2D eigenvalue weighted by Crippen LogP contribution is -2.22. The van der Waals surface area contributed by atoms with Gasteiger partial charge in [-0.15, -0.1) is 5.10 Å². The molecule has 0 fully saturated rings. The standard InChI is InChI=1S/C24H21N5O4/c1-13(30)19-14(2)33-24-21(20(19)15-7-8-17(31-3)18(10-15)32-4)23-27-22(28-29(23)12-26-24)16-6-5-9-25-11-16/h5-12,20H,1-4H3/t20-/m0/s1. The van der Waals surface area contributed by atoms with E-state index < -0.39 is 5.92 Å². The van der Waals surface area contributed by atoms with Crippen molar-refractivity contribution in [2.75, 3.05) is 14.2 Å². The van der Waals surface area contributed by atoms with Gasteiger partial charge in [-0.3, -0.25) is 9.78 Å². The average Bonchev–Trinajstić information content (AvgIpc) is 3.27. The van der Waals surface area contributed by atoms with E-state index >= 15 is 0 Å². The molecule has 33 heavy (non-hydrogen) atoms. The minimum Gasteiger partial charge on any atom is -0.493 e. The predicted octanol–water partition coefficient (Wildman–Crippen LogP) is 3.59. The summed E-state index contributed by atoms with van der Waals surface area (Å²) >= 11 is 0. The third-order valence-corrected chi connectivity index (χ3v) is 5.63. The summed E-state index contributed by atoms with van der Waals surface area (Å²) < 4.78 is 18.5. The van der Waals surface area contributed by atoms with E-state index in [0.29, 0.717) is 45.7 Å². The Morgan fingerprint density at radius 1 is 1.15 bits per heavy atom. The maximum absolute atomic E-state index is 12.8. The number of Topliss-reactive ketones (excluding diaryl/α,β-unsaturated/α-hetero) is 1. The second-order valence-corrected chi connectivity index (χ2v) is 7.58. The quantitative estimate of drug-likeness (QED) is 0.461. The molecule has 0 unspecified atom stereocenters. The SMILES string of the molecule is COc1ccc([C@H]2C(C(C)=O)=C(C)Oc3ncn4nc(-c5cccnc5)nc4c32)cc1OC. The van der Waals surface area contributed by atoms with Gasteiger partial charge in [0.2, 0.25) is 5.88 Å². The molecule has 4 heterocycles. The molecule has 1 atom stereocenters. The number of benzene rings is 1. The summed E-state index contributed by atoms with van der Waals surface area (Å²) in [5.74, 6) is 1.95. The third kappa shape index (κ3) is 3.38. The number of pyridine rings is 1. The number of carbonyl (C=O) groups excluding carboxylic acids is 1. The Morgan fingerprint density at radius 2 is 1.97 bits per heavy atom. The molecule has 4 aromatic rings. The number of ether oxygens (including phenoxy) is 3. The van der Waals surface area contributed by atoms with Crippen LogP contribution in [0.25, 0.3) is 17.0 Å². The second-order valence-electron chi connectivity index (χ2n) is 7.58. The molecule has 1 aliphatic rings. The summed E-state index contributed by atoms with van der Waals surface area (Å²) in [5.41, 5.74) is 3.32. The monoisotopic (exact) mass is 443 g/mol. The largest absolute Gasteiger partial charge is 0.493 e. The lowest BCUT2D eigenvalue weighted by atomic mass is 9.81. The Balaban J connectivity index is 1.78. The molecule has 9 heteroatoms. The van der Waals surface area contributed by atoms with Crippen LogP contribution in [0.3, 0.4) is 0 Å². The number of hydrogen-bond acceptors (Lipinski definition) is 8. The van der Waals surface area contributed by atoms with Gasteiger partial charge in [0.1, 0.15) is 12.1 Å². The summed E-state index contributed by atoms with van der Waals surface area (Å²) in [6.45, 7) is 3.30. The molecule has 5 rings (SSSR count). The molecule has 0 saturated carbocycles. The first-order valence-corrected chi connectivity index (χ1v) is 10.3. The fraction of sp³-hybridized carbons (Fsp3) is 0.208. The number of ketones is 1. The lowest BCUT2D eigenvalue weighted by molar-refractivity contribution is -0.114. The molecule has 3 aromatic heterocycles. The third-order valence-electron chi connectivity index (χ3n) is 5.63. The smallest absolute Gasteiger partial charge is 0.228 e. The molecule has 0 amide bonds. The molecule has 0 spiro atoms. The van der Waals surface area contributed by atoms with Crippen molar-refractivity contribution in [2.45, 2.75) is 19.8 Å². The molecular weight excluding hydrogens is 422 g/mol. The second kappa shape index (κ2) is 8.01. The number of nitrogens with zero attached hydrogens (tertiary/aromatic N) is 5. The molecule has 9 nitrogen and oxygen atoms in total. The van der Waals surface area contributed by atoms with Gasteiger partial charge in [-0.2, -0.15) is 0 Å². The minimum absolute atomic E-state index is 0.105. The van der Waals surface area contributed by atoms with Crippen LogP contribution in [0, 0.1) is 0 Å². The van der Waals surface area contributed by atoms with Crippen LogP contribution in [0.2, 0.25) is 0 Å². The molecule has 0 N–H and O–H groups in total. The lowest BCUT2D eigenvalue weighted by Gasteiger charge is -2.28. The van der Waals surface area contributed by atoms with E-state index in [1.54, 1.807) is 44.4 Å². The van der Waals surface area contributed by atoms with Crippen LogP contribution in [0.5, 0.6) is 17.4 Å². The van der Waals surface area contributed by atoms with Gasteiger partial charge in [-0.05, 0) is 43.7 Å². The van der Waals surface area contributed by atoms with Gasteiger partial charge in [-0.25, -0.2) is 14.5 Å². The summed E-state index contributed by atoms with van der Waals surface area (Å²) in [6.07, 6.45) is 4.94. The highest BCUT2D eigenvalue weighted by Gasteiger charge is 2.36. The highest BCUT2D eigenvalue weighted by molar-refractivity contribution is 5.97. The van der Waals surface area contributed by atoms with Crippen molar-refractivity contribution < 1.29 is 19.0 Å². The van der Waals surface area contributed by atoms with Crippen molar-refractivity contribution in [2.24, 2.45) is 0 Å². The Kier molecular flexibility index (Phi) is 5.01. The first kappa shape index (κ1) is 20.6. The zero-order valence-electron chi connectivity index (χ0n) is 18.6. The van der Waals surface area contributed by atoms with Crippen LogP contribution in [-0.2, 0) is 4.79 Å². The molecule has 1 aromatic carbocycles. The van der Waals surface area contributed by atoms with Gasteiger partial charge in [0.25, 0.3) is 0 Å². The first-order chi connectivity index (χ1) is 16.0. The number of allylic oxidation sites excluding steroid dienone is 2. The molecule has 0 saturated heterocycles. The maximum Gasteiger partial charge on any atom is 0.228 e. The van der Waals surface area contributed by atoms with Crippen molar-refractivity contribution in [1.82, 2.24) is 24.6 Å². The Hall–Kier alpha value is -4.27. The van der Waals surface area contributed by atoms with Gasteiger partial charge in [-0.1, -0.05) is 6.07 Å². The van der Waals surface area contributed by atoms with Crippen molar-refractivity contribution in [3.63, 3.8) is 0 Å². The zero-order valence-corrected chi connectivity index (χ0v) is 18.6.